The highest BCUT2D eigenvalue weighted by atomic mass is 35.5. The second kappa shape index (κ2) is 8.87. The van der Waals surface area contributed by atoms with E-state index in [1.165, 1.54) is 19.1 Å². The lowest BCUT2D eigenvalue weighted by Crippen LogP contribution is -2.31. The van der Waals surface area contributed by atoms with Gasteiger partial charge >= 0.3 is 5.97 Å². The van der Waals surface area contributed by atoms with Crippen molar-refractivity contribution in [1.29, 1.82) is 0 Å². The van der Waals surface area contributed by atoms with E-state index in [1.807, 2.05) is 0 Å². The molecule has 0 fully saturated rings. The number of ether oxygens (including phenoxy) is 2. The zero-order chi connectivity index (χ0) is 19.1. The lowest BCUT2D eigenvalue weighted by Gasteiger charge is -2.15. The summed E-state index contributed by atoms with van der Waals surface area (Å²) >= 11 is 5.96. The monoisotopic (exact) mass is 376 g/mol. The summed E-state index contributed by atoms with van der Waals surface area (Å²) in [5.41, 5.74) is 5.78. The van der Waals surface area contributed by atoms with Crippen LogP contribution in [-0.4, -0.2) is 30.5 Å². The van der Waals surface area contributed by atoms with Crippen molar-refractivity contribution in [3.63, 3.8) is 0 Å². The van der Waals surface area contributed by atoms with Gasteiger partial charge in [-0.15, -0.1) is 0 Å². The Morgan fingerprint density at radius 3 is 2.46 bits per heavy atom. The molecular weight excluding hydrogens is 360 g/mol. The zero-order valence-electron chi connectivity index (χ0n) is 13.9. The summed E-state index contributed by atoms with van der Waals surface area (Å²) in [6.45, 7) is 0.940. The maximum atomic E-state index is 12.1. The SMILES string of the molecule is C[C@H](OC(=O)COc1ccccc1C(N)=O)C(=O)Nc1ccccc1Cl. The average molecular weight is 377 g/mol. The fraction of sp³-hybridized carbons (Fsp3) is 0.167. The molecule has 2 aromatic carbocycles. The van der Waals surface area contributed by atoms with Crippen LogP contribution in [0.2, 0.25) is 5.02 Å². The zero-order valence-corrected chi connectivity index (χ0v) is 14.7. The quantitative estimate of drug-likeness (QED) is 0.721. The largest absolute Gasteiger partial charge is 0.481 e. The highest BCUT2D eigenvalue weighted by Gasteiger charge is 2.19. The number of rotatable bonds is 7. The number of amides is 2. The van der Waals surface area contributed by atoms with Gasteiger partial charge in [-0.2, -0.15) is 0 Å². The first kappa shape index (κ1) is 19.3. The molecule has 3 N–H and O–H groups in total. The molecule has 0 spiro atoms. The first-order valence-corrected chi connectivity index (χ1v) is 8.02. The number of primary amides is 1. The standard InChI is InChI=1S/C18H17ClN2O5/c1-11(18(24)21-14-8-4-3-7-13(14)19)26-16(22)10-25-15-9-5-2-6-12(15)17(20)23/h2-9,11H,10H2,1H3,(H2,20,23)(H,21,24)/t11-/m0/s1. The highest BCUT2D eigenvalue weighted by molar-refractivity contribution is 6.33. The Balaban J connectivity index is 1.88. The van der Waals surface area contributed by atoms with Gasteiger partial charge < -0.3 is 20.5 Å². The van der Waals surface area contributed by atoms with E-state index in [4.69, 9.17) is 26.8 Å². The Kier molecular flexibility index (Phi) is 6.57. The first-order valence-electron chi connectivity index (χ1n) is 7.65. The van der Waals surface area contributed by atoms with Gasteiger partial charge in [0.2, 0.25) is 0 Å². The molecule has 7 nitrogen and oxygen atoms in total. The molecule has 0 bridgehead atoms. The van der Waals surface area contributed by atoms with Gasteiger partial charge in [-0.1, -0.05) is 35.9 Å². The van der Waals surface area contributed by atoms with Gasteiger partial charge in [0.25, 0.3) is 11.8 Å². The predicted molar refractivity (Wildman–Crippen MR) is 96.1 cm³/mol. The Bertz CT molecular complexity index is 825. The molecule has 0 saturated carbocycles. The Labute approximate surface area is 155 Å². The van der Waals surface area contributed by atoms with E-state index in [9.17, 15) is 14.4 Å². The third kappa shape index (κ3) is 5.22. The topological polar surface area (TPSA) is 108 Å². The number of anilines is 1. The first-order chi connectivity index (χ1) is 12.4. The summed E-state index contributed by atoms with van der Waals surface area (Å²) in [6.07, 6.45) is -1.06. The smallest absolute Gasteiger partial charge is 0.344 e. The number of para-hydroxylation sites is 2. The fourth-order valence-electron chi connectivity index (χ4n) is 2.01. The van der Waals surface area contributed by atoms with Crippen molar-refractivity contribution in [3.8, 4) is 5.75 Å². The summed E-state index contributed by atoms with van der Waals surface area (Å²) in [6, 6.07) is 12.9. The van der Waals surface area contributed by atoms with Gasteiger partial charge in [0, 0.05) is 0 Å². The summed E-state index contributed by atoms with van der Waals surface area (Å²) < 4.78 is 10.3. The highest BCUT2D eigenvalue weighted by Crippen LogP contribution is 2.21. The molecule has 0 aliphatic heterocycles. The van der Waals surface area contributed by atoms with E-state index in [0.717, 1.165) is 0 Å². The molecule has 0 aromatic heterocycles. The number of nitrogens with one attached hydrogen (secondary N) is 1. The minimum atomic E-state index is -1.06. The van der Waals surface area contributed by atoms with Crippen LogP contribution in [0.25, 0.3) is 0 Å². The van der Waals surface area contributed by atoms with Crippen LogP contribution in [0.3, 0.4) is 0 Å². The molecule has 0 saturated heterocycles. The van der Waals surface area contributed by atoms with Crippen LogP contribution in [0.5, 0.6) is 5.75 Å². The molecule has 0 aliphatic carbocycles. The summed E-state index contributed by atoms with van der Waals surface area (Å²) in [4.78, 5) is 35.2. The van der Waals surface area contributed by atoms with E-state index in [1.54, 1.807) is 36.4 Å². The molecule has 136 valence electrons. The number of hydrogen-bond acceptors (Lipinski definition) is 5. The Hall–Kier alpha value is -3.06. The third-order valence-corrected chi connectivity index (χ3v) is 3.64. The summed E-state index contributed by atoms with van der Waals surface area (Å²) in [5.74, 6) is -1.83. The average Bonchev–Trinajstić information content (AvgIpc) is 2.62. The van der Waals surface area contributed by atoms with Crippen LogP contribution in [0.1, 0.15) is 17.3 Å². The number of nitrogens with two attached hydrogens (primary N) is 1. The molecular formula is C18H17ClN2O5. The van der Waals surface area contributed by atoms with Crippen LogP contribution >= 0.6 is 11.6 Å². The summed E-state index contributed by atoms with van der Waals surface area (Å²) in [7, 11) is 0. The molecule has 0 unspecified atom stereocenters. The van der Waals surface area contributed by atoms with Crippen LogP contribution in [-0.2, 0) is 14.3 Å². The maximum Gasteiger partial charge on any atom is 0.344 e. The van der Waals surface area contributed by atoms with E-state index in [2.05, 4.69) is 5.32 Å². The second-order valence-corrected chi connectivity index (χ2v) is 5.66. The van der Waals surface area contributed by atoms with Crippen LogP contribution in [0.4, 0.5) is 5.69 Å². The van der Waals surface area contributed by atoms with Gasteiger partial charge in [-0.3, -0.25) is 9.59 Å². The number of carbonyl (C=O) groups excluding carboxylic acids is 3. The fourth-order valence-corrected chi connectivity index (χ4v) is 2.20. The van der Waals surface area contributed by atoms with E-state index in [-0.39, 0.29) is 11.3 Å². The van der Waals surface area contributed by atoms with Gasteiger partial charge in [-0.25, -0.2) is 4.79 Å². The molecule has 0 radical (unpaired) electrons. The van der Waals surface area contributed by atoms with Crippen molar-refractivity contribution >= 4 is 35.1 Å². The molecule has 0 heterocycles. The van der Waals surface area contributed by atoms with Crippen LogP contribution in [0.15, 0.2) is 48.5 Å². The van der Waals surface area contributed by atoms with Crippen molar-refractivity contribution in [2.45, 2.75) is 13.0 Å². The molecule has 2 rings (SSSR count). The van der Waals surface area contributed by atoms with Crippen molar-refractivity contribution in [1.82, 2.24) is 0 Å². The molecule has 2 amide bonds. The van der Waals surface area contributed by atoms with Crippen molar-refractivity contribution in [2.24, 2.45) is 5.73 Å². The van der Waals surface area contributed by atoms with Crippen molar-refractivity contribution < 1.29 is 23.9 Å². The minimum absolute atomic E-state index is 0.143. The lowest BCUT2D eigenvalue weighted by molar-refractivity contribution is -0.155. The Morgan fingerprint density at radius 2 is 1.77 bits per heavy atom. The molecule has 1 atom stereocenters. The molecule has 26 heavy (non-hydrogen) atoms. The number of hydrogen-bond donors (Lipinski definition) is 2. The van der Waals surface area contributed by atoms with Gasteiger partial charge in [0.05, 0.1) is 16.3 Å². The van der Waals surface area contributed by atoms with Gasteiger partial charge in [-0.05, 0) is 31.2 Å². The predicted octanol–water partition coefficient (Wildman–Crippen LogP) is 2.39. The van der Waals surface area contributed by atoms with E-state index < -0.39 is 30.5 Å². The van der Waals surface area contributed by atoms with Crippen molar-refractivity contribution in [3.05, 3.63) is 59.1 Å². The lowest BCUT2D eigenvalue weighted by atomic mass is 10.2. The number of esters is 1. The Morgan fingerprint density at radius 1 is 1.12 bits per heavy atom. The summed E-state index contributed by atoms with van der Waals surface area (Å²) in [5, 5.41) is 2.93. The molecule has 8 heteroatoms. The van der Waals surface area contributed by atoms with Crippen molar-refractivity contribution in [2.75, 3.05) is 11.9 Å². The van der Waals surface area contributed by atoms with Gasteiger partial charge in [0.15, 0.2) is 12.7 Å². The second-order valence-electron chi connectivity index (χ2n) is 5.25. The molecule has 2 aromatic rings. The van der Waals surface area contributed by atoms with Gasteiger partial charge in [0.1, 0.15) is 5.75 Å². The van der Waals surface area contributed by atoms with E-state index in [0.29, 0.717) is 10.7 Å². The normalized spacial score (nSPS) is 11.3. The van der Waals surface area contributed by atoms with E-state index >= 15 is 0 Å². The molecule has 0 aliphatic rings. The number of benzene rings is 2. The third-order valence-electron chi connectivity index (χ3n) is 3.31. The maximum absolute atomic E-state index is 12.1. The number of halogens is 1. The minimum Gasteiger partial charge on any atom is -0.481 e. The van der Waals surface area contributed by atoms with Crippen LogP contribution in [0, 0.1) is 0 Å². The van der Waals surface area contributed by atoms with Crippen LogP contribution < -0.4 is 15.8 Å². The number of carbonyl (C=O) groups is 3.